The summed E-state index contributed by atoms with van der Waals surface area (Å²) < 4.78 is 6.40. The molecule has 0 radical (unpaired) electrons. The van der Waals surface area contributed by atoms with Gasteiger partial charge in [-0.2, -0.15) is 0 Å². The topological polar surface area (TPSA) is 35.2 Å². The lowest BCUT2D eigenvalue weighted by molar-refractivity contribution is 0.484. The highest BCUT2D eigenvalue weighted by Crippen LogP contribution is 2.39. The highest BCUT2D eigenvalue weighted by molar-refractivity contribution is 6.74. The second-order valence-electron chi connectivity index (χ2n) is 6.81. The van der Waals surface area contributed by atoms with Crippen LogP contribution in [0.2, 0.25) is 18.1 Å². The molecule has 0 amide bonds. The van der Waals surface area contributed by atoms with E-state index < -0.39 is 8.32 Å². The Balaban J connectivity index is 3.12. The molecular formula is C15H27NOSi. The van der Waals surface area contributed by atoms with Crippen molar-refractivity contribution < 1.29 is 4.43 Å². The first-order chi connectivity index (χ1) is 8.04. The fourth-order valence-corrected chi connectivity index (χ4v) is 2.58. The highest BCUT2D eigenvalue weighted by atomic mass is 28.4. The van der Waals surface area contributed by atoms with Crippen LogP contribution in [0.25, 0.3) is 0 Å². The molecule has 0 unspecified atom stereocenters. The molecule has 2 nitrogen and oxygen atoms in total. The maximum Gasteiger partial charge on any atom is 0.250 e. The summed E-state index contributed by atoms with van der Waals surface area (Å²) in [6, 6.07) is 5.98. The van der Waals surface area contributed by atoms with Gasteiger partial charge in [-0.25, -0.2) is 0 Å². The van der Waals surface area contributed by atoms with E-state index in [1.807, 2.05) is 18.2 Å². The van der Waals surface area contributed by atoms with Crippen molar-refractivity contribution in [3.8, 4) is 5.75 Å². The Kier molecular flexibility index (Phi) is 4.16. The molecule has 3 heteroatoms. The Bertz CT molecular complexity index is 419. The monoisotopic (exact) mass is 265 g/mol. The van der Waals surface area contributed by atoms with Crippen LogP contribution < -0.4 is 10.2 Å². The van der Waals surface area contributed by atoms with E-state index in [-0.39, 0.29) is 5.04 Å². The zero-order chi connectivity index (χ0) is 14.1. The van der Waals surface area contributed by atoms with Gasteiger partial charge in [0.05, 0.1) is 0 Å². The Morgan fingerprint density at radius 1 is 1.17 bits per heavy atom. The van der Waals surface area contributed by atoms with Gasteiger partial charge in [-0.3, -0.25) is 0 Å². The van der Waals surface area contributed by atoms with Crippen molar-refractivity contribution in [2.24, 2.45) is 0 Å². The highest BCUT2D eigenvalue weighted by Gasteiger charge is 2.39. The summed E-state index contributed by atoms with van der Waals surface area (Å²) in [7, 11) is -1.78. The lowest BCUT2D eigenvalue weighted by atomic mass is 10.0. The van der Waals surface area contributed by atoms with E-state index in [9.17, 15) is 0 Å². The molecule has 1 rings (SSSR count). The van der Waals surface area contributed by atoms with Gasteiger partial charge in [-0.15, -0.1) is 0 Å². The van der Waals surface area contributed by atoms with Crippen LogP contribution in [0.3, 0.4) is 0 Å². The summed E-state index contributed by atoms with van der Waals surface area (Å²) in [6.07, 6.45) is 0. The van der Waals surface area contributed by atoms with Crippen LogP contribution in [0.15, 0.2) is 18.2 Å². The number of benzene rings is 1. The van der Waals surface area contributed by atoms with Crippen LogP contribution in [0.1, 0.15) is 46.1 Å². The predicted octanol–water partition coefficient (Wildman–Crippen LogP) is 4.78. The molecule has 0 saturated carbocycles. The third-order valence-corrected chi connectivity index (χ3v) is 8.17. The largest absolute Gasteiger partial charge is 0.543 e. The quantitative estimate of drug-likeness (QED) is 0.631. The number of anilines is 1. The van der Waals surface area contributed by atoms with Crippen molar-refractivity contribution in [3.05, 3.63) is 23.8 Å². The molecular weight excluding hydrogens is 238 g/mol. The van der Waals surface area contributed by atoms with Crippen LogP contribution in [0.4, 0.5) is 5.69 Å². The first-order valence-electron chi connectivity index (χ1n) is 6.63. The molecule has 0 aliphatic rings. The SMILES string of the molecule is CC(C)c1cc(N)ccc1O[Si](C)(C)C(C)(C)C. The number of hydrogen-bond donors (Lipinski definition) is 1. The summed E-state index contributed by atoms with van der Waals surface area (Å²) >= 11 is 0. The van der Waals surface area contributed by atoms with Crippen molar-refractivity contribution in [1.29, 1.82) is 0 Å². The summed E-state index contributed by atoms with van der Waals surface area (Å²) in [5, 5.41) is 0.211. The zero-order valence-electron chi connectivity index (χ0n) is 12.8. The van der Waals surface area contributed by atoms with Crippen molar-refractivity contribution in [2.75, 3.05) is 5.73 Å². The van der Waals surface area contributed by atoms with Crippen LogP contribution in [-0.4, -0.2) is 8.32 Å². The van der Waals surface area contributed by atoms with Crippen LogP contribution in [-0.2, 0) is 0 Å². The van der Waals surface area contributed by atoms with E-state index in [2.05, 4.69) is 47.7 Å². The van der Waals surface area contributed by atoms with Gasteiger partial charge in [0.1, 0.15) is 5.75 Å². The molecule has 102 valence electrons. The molecule has 0 aliphatic heterocycles. The number of hydrogen-bond acceptors (Lipinski definition) is 2. The molecule has 0 saturated heterocycles. The van der Waals surface area contributed by atoms with Crippen LogP contribution in [0, 0.1) is 0 Å². The minimum atomic E-state index is -1.78. The van der Waals surface area contributed by atoms with E-state index in [0.717, 1.165) is 11.4 Å². The Hall–Kier alpha value is -0.963. The molecule has 1 aromatic rings. The van der Waals surface area contributed by atoms with Crippen molar-refractivity contribution in [2.45, 2.75) is 58.7 Å². The molecule has 0 fully saturated rings. The normalized spacial score (nSPS) is 12.9. The van der Waals surface area contributed by atoms with Gasteiger partial charge >= 0.3 is 0 Å². The average molecular weight is 265 g/mol. The van der Waals surface area contributed by atoms with Gasteiger partial charge in [-0.1, -0.05) is 34.6 Å². The van der Waals surface area contributed by atoms with Gasteiger partial charge in [0, 0.05) is 5.69 Å². The minimum Gasteiger partial charge on any atom is -0.543 e. The Morgan fingerprint density at radius 3 is 2.17 bits per heavy atom. The average Bonchev–Trinajstić information content (AvgIpc) is 2.18. The smallest absolute Gasteiger partial charge is 0.250 e. The third-order valence-electron chi connectivity index (χ3n) is 3.83. The summed E-state index contributed by atoms with van der Waals surface area (Å²) in [6.45, 7) is 15.7. The third kappa shape index (κ3) is 3.28. The van der Waals surface area contributed by atoms with Crippen LogP contribution >= 0.6 is 0 Å². The molecule has 0 bridgehead atoms. The molecule has 0 aromatic heterocycles. The second kappa shape index (κ2) is 4.96. The molecule has 1 aromatic carbocycles. The first-order valence-corrected chi connectivity index (χ1v) is 9.54. The molecule has 0 aliphatic carbocycles. The second-order valence-corrected chi connectivity index (χ2v) is 11.5. The van der Waals surface area contributed by atoms with E-state index in [0.29, 0.717) is 5.92 Å². The Morgan fingerprint density at radius 2 is 1.72 bits per heavy atom. The van der Waals surface area contributed by atoms with E-state index >= 15 is 0 Å². The molecule has 0 heterocycles. The van der Waals surface area contributed by atoms with E-state index in [1.54, 1.807) is 0 Å². The van der Waals surface area contributed by atoms with Crippen molar-refractivity contribution in [3.63, 3.8) is 0 Å². The number of nitrogen functional groups attached to an aromatic ring is 1. The maximum atomic E-state index is 6.40. The van der Waals surface area contributed by atoms with Crippen molar-refractivity contribution in [1.82, 2.24) is 0 Å². The first kappa shape index (κ1) is 15.1. The van der Waals surface area contributed by atoms with Crippen molar-refractivity contribution >= 4 is 14.0 Å². The van der Waals surface area contributed by atoms with Gasteiger partial charge in [-0.05, 0) is 47.8 Å². The lowest BCUT2D eigenvalue weighted by Crippen LogP contribution is -2.44. The summed E-state index contributed by atoms with van der Waals surface area (Å²) in [5.41, 5.74) is 7.89. The van der Waals surface area contributed by atoms with Gasteiger partial charge < -0.3 is 10.2 Å². The minimum absolute atomic E-state index is 0.211. The van der Waals surface area contributed by atoms with E-state index in [1.165, 1.54) is 5.56 Å². The summed E-state index contributed by atoms with van der Waals surface area (Å²) in [5.74, 6) is 1.43. The summed E-state index contributed by atoms with van der Waals surface area (Å²) in [4.78, 5) is 0. The predicted molar refractivity (Wildman–Crippen MR) is 82.8 cm³/mol. The van der Waals surface area contributed by atoms with Gasteiger partial charge in [0.15, 0.2) is 0 Å². The van der Waals surface area contributed by atoms with Gasteiger partial charge in [0.2, 0.25) is 8.32 Å². The Labute approximate surface area is 113 Å². The number of nitrogens with two attached hydrogens (primary N) is 1. The number of rotatable bonds is 3. The molecule has 0 spiro atoms. The lowest BCUT2D eigenvalue weighted by Gasteiger charge is -2.37. The molecule has 0 atom stereocenters. The van der Waals surface area contributed by atoms with Crippen LogP contribution in [0.5, 0.6) is 5.75 Å². The standard InChI is InChI=1S/C15H27NOSi/c1-11(2)13-10-12(16)8-9-14(13)17-18(6,7)15(3,4)5/h8-11H,16H2,1-7H3. The fraction of sp³-hybridized carbons (Fsp3) is 0.600. The van der Waals surface area contributed by atoms with E-state index in [4.69, 9.17) is 10.2 Å². The van der Waals surface area contributed by atoms with Gasteiger partial charge in [0.25, 0.3) is 0 Å². The molecule has 2 N–H and O–H groups in total. The molecule has 18 heavy (non-hydrogen) atoms. The zero-order valence-corrected chi connectivity index (χ0v) is 13.8. The fourth-order valence-electron chi connectivity index (χ4n) is 1.54. The maximum absolute atomic E-state index is 6.40.